The molecule has 0 aromatic heterocycles. The molecule has 2 aromatic rings. The summed E-state index contributed by atoms with van der Waals surface area (Å²) in [6, 6.07) is 12.8. The van der Waals surface area contributed by atoms with Gasteiger partial charge in [0.15, 0.2) is 0 Å². The van der Waals surface area contributed by atoms with Crippen molar-refractivity contribution in [2.24, 2.45) is 16.3 Å². The van der Waals surface area contributed by atoms with Crippen LogP contribution in [-0.4, -0.2) is 23.6 Å². The Labute approximate surface area is 151 Å². The summed E-state index contributed by atoms with van der Waals surface area (Å²) in [5.74, 6) is -0.735. The Balaban J connectivity index is 2.26. The van der Waals surface area contributed by atoms with E-state index in [1.54, 1.807) is 41.3 Å². The predicted octanol–water partition coefficient (Wildman–Crippen LogP) is 4.16. The van der Waals surface area contributed by atoms with Gasteiger partial charge in [-0.05, 0) is 67.4 Å². The molecule has 0 bridgehead atoms. The first-order valence-corrected chi connectivity index (χ1v) is 8.29. The van der Waals surface area contributed by atoms with Crippen LogP contribution in [0.5, 0.6) is 5.75 Å². The molecule has 0 radical (unpaired) electrons. The Morgan fingerprint density at radius 3 is 2.15 bits per heavy atom. The van der Waals surface area contributed by atoms with Crippen LogP contribution < -0.4 is 4.90 Å². The smallest absolute Gasteiger partial charge is 0.232 e. The number of rotatable bonds is 8. The van der Waals surface area contributed by atoms with E-state index in [2.05, 4.69) is 10.4 Å². The number of nitroso groups, excluding NO2 is 2. The average molecular weight is 355 g/mol. The number of phenolic OH excluding ortho intramolecular Hbond substituents is 1. The van der Waals surface area contributed by atoms with Crippen molar-refractivity contribution in [2.45, 2.75) is 26.3 Å². The Hall–Kier alpha value is -3.09. The molecule has 2 aromatic carbocycles. The number of benzene rings is 2. The van der Waals surface area contributed by atoms with E-state index in [0.29, 0.717) is 17.8 Å². The number of carbonyl (C=O) groups excluding carboxylic acids is 1. The Morgan fingerprint density at radius 2 is 1.65 bits per heavy atom. The van der Waals surface area contributed by atoms with Gasteiger partial charge in [0.1, 0.15) is 11.4 Å². The first kappa shape index (κ1) is 19.2. The Morgan fingerprint density at radius 1 is 1.04 bits per heavy atom. The van der Waals surface area contributed by atoms with Crippen LogP contribution in [0.15, 0.2) is 58.9 Å². The fourth-order valence-corrected chi connectivity index (χ4v) is 2.79. The van der Waals surface area contributed by atoms with Crippen LogP contribution in [0.25, 0.3) is 0 Å². The lowest BCUT2D eigenvalue weighted by atomic mass is 9.96. The monoisotopic (exact) mass is 355 g/mol. The van der Waals surface area contributed by atoms with Gasteiger partial charge in [0.25, 0.3) is 0 Å². The van der Waals surface area contributed by atoms with Crippen LogP contribution in [-0.2, 0) is 11.2 Å². The standard InChI is InChI=1S/C19H21N3O4/c1-13(2)22(17-7-9-18(23)10-8-17)19(24)15(12-20-25)11-14-3-5-16(21-26)6-4-14/h3-10,13,15,23H,11-12H2,1-2H3. The highest BCUT2D eigenvalue weighted by atomic mass is 16.3. The van der Waals surface area contributed by atoms with Crippen LogP contribution in [0.4, 0.5) is 11.4 Å². The molecule has 136 valence electrons. The molecule has 0 fully saturated rings. The van der Waals surface area contributed by atoms with Crippen LogP contribution in [0.1, 0.15) is 19.4 Å². The minimum atomic E-state index is -0.626. The summed E-state index contributed by atoms with van der Waals surface area (Å²) in [4.78, 5) is 36.1. The predicted molar refractivity (Wildman–Crippen MR) is 100 cm³/mol. The normalized spacial score (nSPS) is 11.8. The van der Waals surface area contributed by atoms with Gasteiger partial charge < -0.3 is 10.0 Å². The SMILES string of the molecule is CC(C)N(C(=O)C(CN=O)Cc1ccc(N=O)cc1)c1ccc(O)cc1. The second kappa shape index (κ2) is 8.84. The third-order valence-electron chi connectivity index (χ3n) is 4.05. The summed E-state index contributed by atoms with van der Waals surface area (Å²) in [5.41, 5.74) is 1.76. The van der Waals surface area contributed by atoms with E-state index in [9.17, 15) is 19.7 Å². The number of amides is 1. The summed E-state index contributed by atoms with van der Waals surface area (Å²) in [7, 11) is 0. The maximum absolute atomic E-state index is 13.1. The molecular weight excluding hydrogens is 334 g/mol. The van der Waals surface area contributed by atoms with Gasteiger partial charge in [-0.1, -0.05) is 17.3 Å². The molecule has 0 saturated carbocycles. The van der Waals surface area contributed by atoms with Crippen LogP contribution in [0.2, 0.25) is 0 Å². The zero-order valence-corrected chi connectivity index (χ0v) is 14.7. The highest BCUT2D eigenvalue weighted by molar-refractivity contribution is 5.96. The van der Waals surface area contributed by atoms with Crippen molar-refractivity contribution >= 4 is 17.3 Å². The zero-order chi connectivity index (χ0) is 19.1. The molecule has 1 amide bonds. The van der Waals surface area contributed by atoms with E-state index in [0.717, 1.165) is 5.56 Å². The average Bonchev–Trinajstić information content (AvgIpc) is 2.63. The van der Waals surface area contributed by atoms with Crippen LogP contribution in [0, 0.1) is 15.7 Å². The molecule has 1 unspecified atom stereocenters. The Bertz CT molecular complexity index is 757. The molecule has 0 saturated heterocycles. The highest BCUT2D eigenvalue weighted by Gasteiger charge is 2.28. The second-order valence-electron chi connectivity index (χ2n) is 6.29. The van der Waals surface area contributed by atoms with Gasteiger partial charge in [-0.25, -0.2) is 0 Å². The van der Waals surface area contributed by atoms with E-state index in [1.807, 2.05) is 13.8 Å². The number of phenols is 1. The molecule has 0 aliphatic rings. The molecule has 7 nitrogen and oxygen atoms in total. The van der Waals surface area contributed by atoms with Crippen LogP contribution >= 0.6 is 0 Å². The molecule has 0 spiro atoms. The van der Waals surface area contributed by atoms with Gasteiger partial charge in [0, 0.05) is 11.7 Å². The summed E-state index contributed by atoms with van der Waals surface area (Å²) < 4.78 is 0. The highest BCUT2D eigenvalue weighted by Crippen LogP contribution is 2.24. The second-order valence-corrected chi connectivity index (χ2v) is 6.29. The molecule has 0 aliphatic heterocycles. The number of carbonyl (C=O) groups is 1. The van der Waals surface area contributed by atoms with E-state index < -0.39 is 5.92 Å². The van der Waals surface area contributed by atoms with E-state index in [4.69, 9.17) is 0 Å². The lowest BCUT2D eigenvalue weighted by Gasteiger charge is -2.30. The number of nitrogens with zero attached hydrogens (tertiary/aromatic N) is 3. The van der Waals surface area contributed by atoms with Crippen molar-refractivity contribution in [2.75, 3.05) is 11.4 Å². The van der Waals surface area contributed by atoms with Crippen molar-refractivity contribution in [1.82, 2.24) is 0 Å². The number of aromatic hydroxyl groups is 1. The van der Waals surface area contributed by atoms with Gasteiger partial charge >= 0.3 is 0 Å². The molecule has 1 atom stereocenters. The van der Waals surface area contributed by atoms with Gasteiger partial charge in [-0.2, -0.15) is 4.91 Å². The fourth-order valence-electron chi connectivity index (χ4n) is 2.79. The molecular formula is C19H21N3O4. The zero-order valence-electron chi connectivity index (χ0n) is 14.7. The number of hydrogen-bond donors (Lipinski definition) is 1. The largest absolute Gasteiger partial charge is 0.508 e. The summed E-state index contributed by atoms with van der Waals surface area (Å²) in [6.45, 7) is 3.61. The fraction of sp³-hybridized carbons (Fsp3) is 0.316. The van der Waals surface area contributed by atoms with Crippen molar-refractivity contribution < 1.29 is 9.90 Å². The minimum absolute atomic E-state index is 0.111. The third kappa shape index (κ3) is 4.72. The first-order chi connectivity index (χ1) is 12.5. The summed E-state index contributed by atoms with van der Waals surface area (Å²) >= 11 is 0. The molecule has 2 rings (SSSR count). The van der Waals surface area contributed by atoms with Gasteiger partial charge in [0.2, 0.25) is 5.91 Å². The summed E-state index contributed by atoms with van der Waals surface area (Å²) in [6.07, 6.45) is 0.324. The maximum Gasteiger partial charge on any atom is 0.232 e. The van der Waals surface area contributed by atoms with Gasteiger partial charge in [0.05, 0.1) is 12.5 Å². The van der Waals surface area contributed by atoms with E-state index >= 15 is 0 Å². The molecule has 7 heteroatoms. The summed E-state index contributed by atoms with van der Waals surface area (Å²) in [5, 5.41) is 15.2. The van der Waals surface area contributed by atoms with Gasteiger partial charge in [-0.15, -0.1) is 4.91 Å². The van der Waals surface area contributed by atoms with Crippen molar-refractivity contribution in [3.8, 4) is 5.75 Å². The van der Waals surface area contributed by atoms with Crippen LogP contribution in [0.3, 0.4) is 0 Å². The van der Waals surface area contributed by atoms with Crippen molar-refractivity contribution in [3.05, 3.63) is 63.9 Å². The molecule has 26 heavy (non-hydrogen) atoms. The maximum atomic E-state index is 13.1. The topological polar surface area (TPSA) is 99.4 Å². The van der Waals surface area contributed by atoms with Gasteiger partial charge in [-0.3, -0.25) is 4.79 Å². The van der Waals surface area contributed by atoms with E-state index in [1.165, 1.54) is 12.1 Å². The third-order valence-corrected chi connectivity index (χ3v) is 4.05. The molecule has 0 heterocycles. The van der Waals surface area contributed by atoms with E-state index in [-0.39, 0.29) is 24.2 Å². The number of anilines is 1. The number of hydrogen-bond acceptors (Lipinski definition) is 6. The minimum Gasteiger partial charge on any atom is -0.508 e. The molecule has 1 N–H and O–H groups in total. The van der Waals surface area contributed by atoms with Crippen molar-refractivity contribution in [3.63, 3.8) is 0 Å². The molecule has 0 aliphatic carbocycles. The van der Waals surface area contributed by atoms with Crippen molar-refractivity contribution in [1.29, 1.82) is 0 Å². The first-order valence-electron chi connectivity index (χ1n) is 8.29. The lowest BCUT2D eigenvalue weighted by molar-refractivity contribution is -0.122. The Kier molecular flexibility index (Phi) is 6.54. The lowest BCUT2D eigenvalue weighted by Crippen LogP contribution is -2.42. The quantitative estimate of drug-likeness (QED) is 0.719.